The molecule has 4 rings (SSSR count). The van der Waals surface area contributed by atoms with Gasteiger partial charge in [-0.05, 0) is 86.2 Å². The first-order valence-electron chi connectivity index (χ1n) is 16.8. The molecular formula is C36H46FN4O10P. The SMILES string of the molecule is COc1ccc(CC(NC(=O)CCc2c(C)[nH]c(/C=C3\C(=O)Nc4ccc(F)cc43)c2C)C(=O)NCCCCC(CO)COP(=O)(O)O)cc1OC. The number of hydrogen-bond acceptors (Lipinski definition) is 8. The predicted octanol–water partition coefficient (Wildman–Crippen LogP) is 3.94. The molecule has 2 atom stereocenters. The maximum absolute atomic E-state index is 14.0. The molecule has 0 bridgehead atoms. The van der Waals surface area contributed by atoms with Crippen LogP contribution >= 0.6 is 7.82 Å². The number of aliphatic hydroxyl groups is 1. The van der Waals surface area contributed by atoms with Gasteiger partial charge < -0.3 is 45.3 Å². The number of unbranched alkanes of at least 4 members (excludes halogenated alkanes) is 1. The zero-order valence-corrected chi connectivity index (χ0v) is 30.5. The molecule has 3 aromatic rings. The third-order valence-electron chi connectivity index (χ3n) is 8.90. The number of ether oxygens (including phenoxy) is 2. The Morgan fingerprint density at radius 3 is 2.50 bits per heavy atom. The first-order chi connectivity index (χ1) is 24.7. The topological polar surface area (TPSA) is 209 Å². The van der Waals surface area contributed by atoms with Crippen LogP contribution in [0.15, 0.2) is 36.4 Å². The normalized spacial score (nSPS) is 14.5. The fraction of sp³-hybridized carbons (Fsp3) is 0.417. The molecule has 1 aliphatic heterocycles. The lowest BCUT2D eigenvalue weighted by molar-refractivity contribution is -0.129. The van der Waals surface area contributed by atoms with Gasteiger partial charge in [0.2, 0.25) is 11.8 Å². The van der Waals surface area contributed by atoms with Gasteiger partial charge in [0.1, 0.15) is 11.9 Å². The minimum atomic E-state index is -4.64. The van der Waals surface area contributed by atoms with Crippen molar-refractivity contribution in [1.29, 1.82) is 0 Å². The molecule has 1 aromatic heterocycles. The van der Waals surface area contributed by atoms with Gasteiger partial charge in [-0.2, -0.15) is 0 Å². The largest absolute Gasteiger partial charge is 0.493 e. The molecule has 0 fully saturated rings. The van der Waals surface area contributed by atoms with Gasteiger partial charge in [0.15, 0.2) is 11.5 Å². The maximum Gasteiger partial charge on any atom is 0.469 e. The summed E-state index contributed by atoms with van der Waals surface area (Å²) in [5.74, 6) is -1.03. The summed E-state index contributed by atoms with van der Waals surface area (Å²) in [5.41, 5.74) is 5.25. The summed E-state index contributed by atoms with van der Waals surface area (Å²) in [6.07, 6.45) is 3.74. The Bertz CT molecular complexity index is 1840. The fourth-order valence-corrected chi connectivity index (χ4v) is 6.47. The molecule has 0 aliphatic carbocycles. The van der Waals surface area contributed by atoms with Crippen molar-refractivity contribution in [2.24, 2.45) is 5.92 Å². The Labute approximate surface area is 301 Å². The summed E-state index contributed by atoms with van der Waals surface area (Å²) in [5, 5.41) is 18.0. The Balaban J connectivity index is 1.41. The molecule has 16 heteroatoms. The number of halogens is 1. The maximum atomic E-state index is 14.0. The minimum absolute atomic E-state index is 0.0685. The zero-order chi connectivity index (χ0) is 38.0. The number of phosphoric ester groups is 1. The predicted molar refractivity (Wildman–Crippen MR) is 192 cm³/mol. The molecule has 7 N–H and O–H groups in total. The number of phosphoric acid groups is 1. The number of aromatic amines is 1. The van der Waals surface area contributed by atoms with Crippen LogP contribution in [0, 0.1) is 25.6 Å². The average Bonchev–Trinajstić information content (AvgIpc) is 3.55. The number of carbonyl (C=O) groups excluding carboxylic acids is 3. The van der Waals surface area contributed by atoms with Gasteiger partial charge in [-0.1, -0.05) is 12.5 Å². The van der Waals surface area contributed by atoms with Crippen LogP contribution in [0.25, 0.3) is 11.6 Å². The van der Waals surface area contributed by atoms with Gasteiger partial charge in [-0.25, -0.2) is 8.96 Å². The summed E-state index contributed by atoms with van der Waals surface area (Å²) >= 11 is 0. The summed E-state index contributed by atoms with van der Waals surface area (Å²) in [7, 11) is -1.63. The number of benzene rings is 2. The minimum Gasteiger partial charge on any atom is -0.493 e. The molecule has 0 saturated carbocycles. The van der Waals surface area contributed by atoms with Gasteiger partial charge in [-0.15, -0.1) is 0 Å². The van der Waals surface area contributed by atoms with Gasteiger partial charge in [-0.3, -0.25) is 18.9 Å². The smallest absolute Gasteiger partial charge is 0.469 e. The van der Waals surface area contributed by atoms with Crippen LogP contribution < -0.4 is 25.4 Å². The highest BCUT2D eigenvalue weighted by Crippen LogP contribution is 2.37. The molecular weight excluding hydrogens is 698 g/mol. The summed E-state index contributed by atoms with van der Waals surface area (Å²) in [6.45, 7) is 3.41. The average molecular weight is 745 g/mol. The number of aliphatic hydroxyl groups excluding tert-OH is 1. The van der Waals surface area contributed by atoms with Crippen molar-refractivity contribution >= 4 is 42.9 Å². The van der Waals surface area contributed by atoms with E-state index in [0.29, 0.717) is 59.7 Å². The number of nitrogens with one attached hydrogen (secondary N) is 4. The lowest BCUT2D eigenvalue weighted by Gasteiger charge is -2.20. The Hall–Kier alpha value is -4.53. The highest BCUT2D eigenvalue weighted by atomic mass is 31.2. The number of rotatable bonds is 19. The van der Waals surface area contributed by atoms with Gasteiger partial charge >= 0.3 is 7.82 Å². The van der Waals surface area contributed by atoms with E-state index in [1.807, 2.05) is 13.8 Å². The van der Waals surface area contributed by atoms with E-state index in [1.165, 1.54) is 32.4 Å². The molecule has 2 unspecified atom stereocenters. The molecule has 0 spiro atoms. The van der Waals surface area contributed by atoms with Gasteiger partial charge in [0.25, 0.3) is 5.91 Å². The van der Waals surface area contributed by atoms with Crippen LogP contribution in [0.1, 0.15) is 59.3 Å². The van der Waals surface area contributed by atoms with Crippen molar-refractivity contribution in [2.75, 3.05) is 39.3 Å². The second kappa shape index (κ2) is 18.3. The molecule has 14 nitrogen and oxygen atoms in total. The molecule has 282 valence electrons. The van der Waals surface area contributed by atoms with E-state index < -0.39 is 31.5 Å². The van der Waals surface area contributed by atoms with Crippen molar-refractivity contribution < 1.29 is 52.2 Å². The fourth-order valence-electron chi connectivity index (χ4n) is 6.06. The molecule has 2 aromatic carbocycles. The van der Waals surface area contributed by atoms with Gasteiger partial charge in [0, 0.05) is 54.5 Å². The second-order valence-corrected chi connectivity index (χ2v) is 13.8. The molecule has 3 amide bonds. The monoisotopic (exact) mass is 744 g/mol. The van der Waals surface area contributed by atoms with E-state index in [9.17, 15) is 28.4 Å². The first kappa shape index (κ1) is 40.2. The van der Waals surface area contributed by atoms with Gasteiger partial charge in [0.05, 0.1) is 26.4 Å². The molecule has 2 heterocycles. The molecule has 1 aliphatic rings. The van der Waals surface area contributed by atoms with E-state index in [4.69, 9.17) is 19.3 Å². The standard InChI is InChI=1S/C36H46FN4O10P/c1-21-26(22(2)39-30(21)18-28-27-17-25(37)9-11-29(27)41-35(28)44)10-13-34(43)40-31(15-23-8-12-32(49-3)33(16-23)50-4)36(45)38-14-6-5-7-24(19-42)20-51-52(46,47)48/h8-9,11-12,16-18,24,31,39,42H,5-7,10,13-15,19-20H2,1-4H3,(H,38,45)(H,40,43)(H,41,44)(H2,46,47,48)/b28-18-. The number of aromatic nitrogens is 1. The first-order valence-corrected chi connectivity index (χ1v) is 18.4. The quantitative estimate of drug-likeness (QED) is 0.0534. The van der Waals surface area contributed by atoms with Crippen molar-refractivity contribution in [3.8, 4) is 11.5 Å². The van der Waals surface area contributed by atoms with Crippen molar-refractivity contribution in [1.82, 2.24) is 15.6 Å². The molecule has 0 saturated heterocycles. The van der Waals surface area contributed by atoms with Crippen molar-refractivity contribution in [3.05, 3.63) is 75.9 Å². The van der Waals surface area contributed by atoms with Crippen LogP contribution in [0.3, 0.4) is 0 Å². The third-order valence-corrected chi connectivity index (χ3v) is 9.39. The Morgan fingerprint density at radius 2 is 1.81 bits per heavy atom. The van der Waals surface area contributed by atoms with E-state index >= 15 is 0 Å². The number of anilines is 1. The van der Waals surface area contributed by atoms with Crippen LogP contribution in [-0.2, 0) is 36.3 Å². The van der Waals surface area contributed by atoms with E-state index in [1.54, 1.807) is 24.3 Å². The van der Waals surface area contributed by atoms with Crippen LogP contribution in [0.4, 0.5) is 10.1 Å². The van der Waals surface area contributed by atoms with Crippen LogP contribution in [0.2, 0.25) is 0 Å². The summed E-state index contributed by atoms with van der Waals surface area (Å²) in [4.78, 5) is 60.5. The van der Waals surface area contributed by atoms with Crippen LogP contribution in [0.5, 0.6) is 11.5 Å². The number of amides is 3. The molecule has 52 heavy (non-hydrogen) atoms. The second-order valence-electron chi connectivity index (χ2n) is 12.6. The number of fused-ring (bicyclic) bond motifs is 1. The van der Waals surface area contributed by atoms with Crippen LogP contribution in [-0.4, -0.2) is 77.6 Å². The lowest BCUT2D eigenvalue weighted by Crippen LogP contribution is -2.48. The Kier molecular flexibility index (Phi) is 14.2. The lowest BCUT2D eigenvalue weighted by atomic mass is 10.0. The number of carbonyl (C=O) groups is 3. The Morgan fingerprint density at radius 1 is 1.06 bits per heavy atom. The number of methoxy groups -OCH3 is 2. The molecule has 0 radical (unpaired) electrons. The van der Waals surface area contributed by atoms with E-state index in [0.717, 1.165) is 22.4 Å². The summed E-state index contributed by atoms with van der Waals surface area (Å²) < 4.78 is 40.2. The third kappa shape index (κ3) is 11.0. The van der Waals surface area contributed by atoms with Crippen molar-refractivity contribution in [3.63, 3.8) is 0 Å². The van der Waals surface area contributed by atoms with Crippen molar-refractivity contribution in [2.45, 2.75) is 58.4 Å². The zero-order valence-electron chi connectivity index (χ0n) is 29.6. The highest BCUT2D eigenvalue weighted by molar-refractivity contribution is 7.46. The van der Waals surface area contributed by atoms with E-state index in [-0.39, 0.29) is 44.4 Å². The van der Waals surface area contributed by atoms with E-state index in [2.05, 4.69) is 25.5 Å². The number of H-pyrrole nitrogens is 1. The summed E-state index contributed by atoms with van der Waals surface area (Å²) in [6, 6.07) is 8.42. The number of aryl methyl sites for hydroxylation is 1. The number of hydrogen-bond donors (Lipinski definition) is 7. The highest BCUT2D eigenvalue weighted by Gasteiger charge is 2.26.